The number of nitrogens with two attached hydrogens (primary N) is 1. The van der Waals surface area contributed by atoms with Gasteiger partial charge in [-0.15, -0.1) is 0 Å². The predicted molar refractivity (Wildman–Crippen MR) is 60.3 cm³/mol. The molecule has 0 saturated heterocycles. The third kappa shape index (κ3) is 3.82. The van der Waals surface area contributed by atoms with Gasteiger partial charge in [0.15, 0.2) is 0 Å². The van der Waals surface area contributed by atoms with E-state index in [-0.39, 0.29) is 12.0 Å². The Morgan fingerprint density at radius 2 is 2.07 bits per heavy atom. The molecule has 0 radical (unpaired) electrons. The average Bonchev–Trinajstić information content (AvgIpc) is 1.99. The summed E-state index contributed by atoms with van der Waals surface area (Å²) in [6.07, 6.45) is 3.02. The van der Waals surface area contributed by atoms with E-state index >= 15 is 0 Å². The van der Waals surface area contributed by atoms with Crippen LogP contribution in [0.3, 0.4) is 0 Å². The quantitative estimate of drug-likeness (QED) is 0.780. The van der Waals surface area contributed by atoms with E-state index in [9.17, 15) is 4.79 Å². The number of ether oxygens (including phenoxy) is 1. The lowest BCUT2D eigenvalue weighted by molar-refractivity contribution is -0.136. The maximum absolute atomic E-state index is 10.9. The normalized spacial score (nSPS) is 32.3. The highest BCUT2D eigenvalue weighted by atomic mass is 16.5. The zero-order valence-corrected chi connectivity index (χ0v) is 10.2. The first-order valence-electron chi connectivity index (χ1n) is 5.75. The zero-order valence-electron chi connectivity index (χ0n) is 10.2. The van der Waals surface area contributed by atoms with E-state index in [1.165, 1.54) is 6.42 Å². The van der Waals surface area contributed by atoms with Crippen molar-refractivity contribution in [3.8, 4) is 0 Å². The first-order valence-corrected chi connectivity index (χ1v) is 5.75. The summed E-state index contributed by atoms with van der Waals surface area (Å²) >= 11 is 0. The monoisotopic (exact) mass is 213 g/mol. The van der Waals surface area contributed by atoms with E-state index in [1.807, 2.05) is 0 Å². The Bertz CT molecular complexity index is 238. The molecule has 0 spiro atoms. The number of amides is 1. The SMILES string of the molecule is CC1CC(OC(C)C(N)=O)CC(C)(C)C1. The van der Waals surface area contributed by atoms with Crippen LogP contribution < -0.4 is 5.73 Å². The van der Waals surface area contributed by atoms with Gasteiger partial charge < -0.3 is 10.5 Å². The van der Waals surface area contributed by atoms with Gasteiger partial charge in [0.25, 0.3) is 0 Å². The van der Waals surface area contributed by atoms with Crippen LogP contribution in [0.25, 0.3) is 0 Å². The summed E-state index contributed by atoms with van der Waals surface area (Å²) in [7, 11) is 0. The van der Waals surface area contributed by atoms with E-state index in [2.05, 4.69) is 20.8 Å². The zero-order chi connectivity index (χ0) is 11.6. The summed E-state index contributed by atoms with van der Waals surface area (Å²) in [4.78, 5) is 10.9. The largest absolute Gasteiger partial charge is 0.367 e. The lowest BCUT2D eigenvalue weighted by Gasteiger charge is -2.39. The molecule has 0 aromatic heterocycles. The first-order chi connectivity index (χ1) is 6.80. The smallest absolute Gasteiger partial charge is 0.246 e. The third-order valence-electron chi connectivity index (χ3n) is 3.14. The minimum atomic E-state index is -0.462. The van der Waals surface area contributed by atoms with Crippen LogP contribution in [0.5, 0.6) is 0 Å². The van der Waals surface area contributed by atoms with Crippen molar-refractivity contribution < 1.29 is 9.53 Å². The molecule has 3 unspecified atom stereocenters. The molecule has 3 nitrogen and oxygen atoms in total. The van der Waals surface area contributed by atoms with Crippen molar-refractivity contribution in [1.82, 2.24) is 0 Å². The van der Waals surface area contributed by atoms with E-state index in [4.69, 9.17) is 10.5 Å². The van der Waals surface area contributed by atoms with Gasteiger partial charge in [-0.2, -0.15) is 0 Å². The van der Waals surface area contributed by atoms with Gasteiger partial charge in [0.2, 0.25) is 5.91 Å². The Kier molecular flexibility index (Phi) is 3.77. The molecule has 0 heterocycles. The van der Waals surface area contributed by atoms with E-state index in [0.29, 0.717) is 11.3 Å². The van der Waals surface area contributed by atoms with Crippen LogP contribution in [0.15, 0.2) is 0 Å². The van der Waals surface area contributed by atoms with Crippen molar-refractivity contribution in [1.29, 1.82) is 0 Å². The van der Waals surface area contributed by atoms with Crippen molar-refractivity contribution in [3.05, 3.63) is 0 Å². The second kappa shape index (κ2) is 4.52. The van der Waals surface area contributed by atoms with Crippen LogP contribution in [0, 0.1) is 11.3 Å². The van der Waals surface area contributed by atoms with E-state index in [0.717, 1.165) is 12.8 Å². The fourth-order valence-electron chi connectivity index (χ4n) is 2.72. The fraction of sp³-hybridized carbons (Fsp3) is 0.917. The molecule has 3 heteroatoms. The van der Waals surface area contributed by atoms with Crippen LogP contribution in [-0.4, -0.2) is 18.1 Å². The molecule has 1 rings (SSSR count). The molecule has 1 aliphatic rings. The third-order valence-corrected chi connectivity index (χ3v) is 3.14. The average molecular weight is 213 g/mol. The number of carbonyl (C=O) groups excluding carboxylic acids is 1. The Labute approximate surface area is 92.4 Å². The van der Waals surface area contributed by atoms with Gasteiger partial charge in [-0.25, -0.2) is 0 Å². The van der Waals surface area contributed by atoms with Crippen LogP contribution >= 0.6 is 0 Å². The van der Waals surface area contributed by atoms with Crippen LogP contribution in [0.1, 0.15) is 47.0 Å². The Morgan fingerprint density at radius 3 is 2.53 bits per heavy atom. The predicted octanol–water partition coefficient (Wildman–Crippen LogP) is 2.09. The molecule has 0 aromatic carbocycles. The van der Waals surface area contributed by atoms with Crippen molar-refractivity contribution in [2.24, 2.45) is 17.1 Å². The van der Waals surface area contributed by atoms with E-state index < -0.39 is 6.10 Å². The summed E-state index contributed by atoms with van der Waals surface area (Å²) < 4.78 is 5.68. The lowest BCUT2D eigenvalue weighted by Crippen LogP contribution is -2.38. The summed E-state index contributed by atoms with van der Waals surface area (Å²) in [6.45, 7) is 8.49. The van der Waals surface area contributed by atoms with Crippen LogP contribution in [0.2, 0.25) is 0 Å². The number of rotatable bonds is 3. The van der Waals surface area contributed by atoms with Gasteiger partial charge in [-0.05, 0) is 37.5 Å². The van der Waals surface area contributed by atoms with E-state index in [1.54, 1.807) is 6.92 Å². The Morgan fingerprint density at radius 1 is 1.47 bits per heavy atom. The molecule has 3 atom stereocenters. The van der Waals surface area contributed by atoms with Gasteiger partial charge in [0, 0.05) is 0 Å². The standard InChI is InChI=1S/C12H23NO2/c1-8-5-10(7-12(3,4)6-8)15-9(2)11(13)14/h8-10H,5-7H2,1-4H3,(H2,13,14). The molecular weight excluding hydrogens is 190 g/mol. The second-order valence-electron chi connectivity index (χ2n) is 5.72. The number of primary amides is 1. The summed E-state index contributed by atoms with van der Waals surface area (Å²) in [5, 5.41) is 0. The first kappa shape index (κ1) is 12.5. The highest BCUT2D eigenvalue weighted by molar-refractivity contribution is 5.78. The maximum atomic E-state index is 10.9. The molecule has 1 aliphatic carbocycles. The lowest BCUT2D eigenvalue weighted by atomic mass is 9.71. The van der Waals surface area contributed by atoms with Gasteiger partial charge >= 0.3 is 0 Å². The molecule has 2 N–H and O–H groups in total. The Hall–Kier alpha value is -0.570. The highest BCUT2D eigenvalue weighted by Gasteiger charge is 2.33. The highest BCUT2D eigenvalue weighted by Crippen LogP contribution is 2.39. The van der Waals surface area contributed by atoms with Gasteiger partial charge in [0.05, 0.1) is 6.10 Å². The van der Waals surface area contributed by atoms with Gasteiger partial charge in [0.1, 0.15) is 6.10 Å². The van der Waals surface area contributed by atoms with Crippen molar-refractivity contribution in [3.63, 3.8) is 0 Å². The minimum absolute atomic E-state index is 0.186. The number of hydrogen-bond acceptors (Lipinski definition) is 2. The van der Waals surface area contributed by atoms with Crippen molar-refractivity contribution in [2.75, 3.05) is 0 Å². The summed E-state index contributed by atoms with van der Waals surface area (Å²) in [5.74, 6) is 0.296. The summed E-state index contributed by atoms with van der Waals surface area (Å²) in [5.41, 5.74) is 5.51. The molecule has 0 aromatic rings. The van der Waals surface area contributed by atoms with Crippen molar-refractivity contribution in [2.45, 2.75) is 59.2 Å². The second-order valence-corrected chi connectivity index (χ2v) is 5.72. The van der Waals surface area contributed by atoms with Crippen molar-refractivity contribution >= 4 is 5.91 Å². The topological polar surface area (TPSA) is 52.3 Å². The molecule has 0 aliphatic heterocycles. The fourth-order valence-corrected chi connectivity index (χ4v) is 2.72. The summed E-state index contributed by atoms with van der Waals surface area (Å²) in [6, 6.07) is 0. The number of hydrogen-bond donors (Lipinski definition) is 1. The van der Waals surface area contributed by atoms with Crippen LogP contribution in [0.4, 0.5) is 0 Å². The van der Waals surface area contributed by atoms with Crippen LogP contribution in [-0.2, 0) is 9.53 Å². The minimum Gasteiger partial charge on any atom is -0.367 e. The van der Waals surface area contributed by atoms with Gasteiger partial charge in [-0.1, -0.05) is 20.8 Å². The molecular formula is C12H23NO2. The molecule has 0 bridgehead atoms. The number of carbonyl (C=O) groups is 1. The Balaban J connectivity index is 2.52. The maximum Gasteiger partial charge on any atom is 0.246 e. The molecule has 1 saturated carbocycles. The molecule has 15 heavy (non-hydrogen) atoms. The molecule has 1 fully saturated rings. The molecule has 1 amide bonds. The molecule has 88 valence electrons. The van der Waals surface area contributed by atoms with Gasteiger partial charge in [-0.3, -0.25) is 4.79 Å².